The van der Waals surface area contributed by atoms with Crippen LogP contribution in [0.25, 0.3) is 6.08 Å². The summed E-state index contributed by atoms with van der Waals surface area (Å²) in [5, 5.41) is 24.9. The lowest BCUT2D eigenvalue weighted by atomic mass is 10.0. The van der Waals surface area contributed by atoms with E-state index in [0.717, 1.165) is 16.2 Å². The van der Waals surface area contributed by atoms with Gasteiger partial charge in [-0.1, -0.05) is 23.4 Å². The highest BCUT2D eigenvalue weighted by molar-refractivity contribution is 8.00. The van der Waals surface area contributed by atoms with E-state index >= 15 is 0 Å². The number of carbonyl (C=O) groups is 6. The molecule has 45 heavy (non-hydrogen) atoms. The molecule has 17 nitrogen and oxygen atoms in total. The Morgan fingerprint density at radius 1 is 1.11 bits per heavy atom. The summed E-state index contributed by atoms with van der Waals surface area (Å²) < 4.78 is 15.1. The third kappa shape index (κ3) is 7.95. The van der Waals surface area contributed by atoms with Gasteiger partial charge >= 0.3 is 24.1 Å². The molecule has 0 saturated carbocycles. The SMILES string of the molecule is CC(=O)Oc1ccc(C=CC2=C(OC(=O)O)N3C(=O)[C@@H](NC(=O)/C(=N\OCC(=O)O)c4csc(N)n4)[C@H]3SC2)cc1OC(C)=O. The number of amides is 2. The van der Waals surface area contributed by atoms with Crippen molar-refractivity contribution in [2.75, 3.05) is 18.1 Å². The fourth-order valence-electron chi connectivity index (χ4n) is 3.95. The molecular formula is C26H23N5O12S2. The summed E-state index contributed by atoms with van der Waals surface area (Å²) in [5.74, 6) is -4.38. The quantitative estimate of drug-likeness (QED) is 0.0874. The average Bonchev–Trinajstić information content (AvgIpc) is 3.38. The van der Waals surface area contributed by atoms with Crippen LogP contribution in [0.2, 0.25) is 0 Å². The van der Waals surface area contributed by atoms with Crippen molar-refractivity contribution in [3.05, 3.63) is 52.4 Å². The number of fused-ring (bicyclic) bond motifs is 1. The predicted octanol–water partition coefficient (Wildman–Crippen LogP) is 1.40. The minimum atomic E-state index is -1.68. The zero-order valence-electron chi connectivity index (χ0n) is 23.2. The Morgan fingerprint density at radius 2 is 1.82 bits per heavy atom. The van der Waals surface area contributed by atoms with Crippen LogP contribution in [0.4, 0.5) is 9.93 Å². The van der Waals surface area contributed by atoms with Gasteiger partial charge in [0, 0.05) is 30.6 Å². The predicted molar refractivity (Wildman–Crippen MR) is 156 cm³/mol. The van der Waals surface area contributed by atoms with Gasteiger partial charge < -0.3 is 40.3 Å². The molecule has 0 radical (unpaired) electrons. The van der Waals surface area contributed by atoms with Crippen LogP contribution >= 0.6 is 23.1 Å². The molecule has 1 aromatic carbocycles. The first-order chi connectivity index (χ1) is 21.3. The van der Waals surface area contributed by atoms with Gasteiger partial charge in [0.05, 0.1) is 0 Å². The second-order valence-electron chi connectivity index (χ2n) is 8.96. The number of thioether (sulfide) groups is 1. The molecule has 5 N–H and O–H groups in total. The van der Waals surface area contributed by atoms with E-state index in [0.29, 0.717) is 11.1 Å². The number of benzene rings is 1. The third-order valence-corrected chi connectivity index (χ3v) is 7.67. The molecule has 0 unspecified atom stereocenters. The number of β-lactam (4-membered cyclic amide) rings is 1. The number of aliphatic carboxylic acids is 1. The van der Waals surface area contributed by atoms with Crippen LogP contribution in [-0.4, -0.2) is 85.5 Å². The molecule has 0 bridgehead atoms. The molecule has 1 saturated heterocycles. The van der Waals surface area contributed by atoms with Crippen molar-refractivity contribution < 1.29 is 58.0 Å². The second kappa shape index (κ2) is 13.9. The molecule has 236 valence electrons. The van der Waals surface area contributed by atoms with Crippen LogP contribution in [0, 0.1) is 0 Å². The second-order valence-corrected chi connectivity index (χ2v) is 11.0. The zero-order valence-corrected chi connectivity index (χ0v) is 24.9. The fourth-order valence-corrected chi connectivity index (χ4v) is 5.80. The van der Waals surface area contributed by atoms with Crippen molar-refractivity contribution in [2.45, 2.75) is 25.3 Å². The van der Waals surface area contributed by atoms with Crippen LogP contribution < -0.4 is 20.5 Å². The molecular weight excluding hydrogens is 638 g/mol. The number of hydrogen-bond acceptors (Lipinski definition) is 15. The number of carbonyl (C=O) groups excluding carboxylic acids is 4. The number of esters is 2. The van der Waals surface area contributed by atoms with Gasteiger partial charge in [-0.3, -0.25) is 24.1 Å². The van der Waals surface area contributed by atoms with Gasteiger partial charge in [-0.15, -0.1) is 23.1 Å². The van der Waals surface area contributed by atoms with E-state index in [9.17, 15) is 33.9 Å². The normalized spacial score (nSPS) is 17.7. The Balaban J connectivity index is 1.56. The lowest BCUT2D eigenvalue weighted by molar-refractivity contribution is -0.148. The topological polar surface area (TPSA) is 246 Å². The summed E-state index contributed by atoms with van der Waals surface area (Å²) in [5.41, 5.74) is 5.97. The summed E-state index contributed by atoms with van der Waals surface area (Å²) in [7, 11) is 0. The molecule has 3 heterocycles. The molecule has 4 rings (SSSR count). The van der Waals surface area contributed by atoms with E-state index in [1.807, 2.05) is 0 Å². The number of nitrogens with zero attached hydrogens (tertiary/aromatic N) is 3. The van der Waals surface area contributed by atoms with Gasteiger partial charge in [-0.05, 0) is 17.7 Å². The Bertz CT molecular complexity index is 1670. The monoisotopic (exact) mass is 661 g/mol. The number of carboxylic acids is 1. The number of nitrogen functional groups attached to an aromatic ring is 1. The number of oxime groups is 1. The highest BCUT2D eigenvalue weighted by Gasteiger charge is 2.54. The smallest absolute Gasteiger partial charge is 0.479 e. The van der Waals surface area contributed by atoms with E-state index in [2.05, 4.69) is 15.5 Å². The number of hydrogen-bond donors (Lipinski definition) is 4. The van der Waals surface area contributed by atoms with Crippen LogP contribution in [0.3, 0.4) is 0 Å². The summed E-state index contributed by atoms with van der Waals surface area (Å²) in [6, 6.07) is 3.24. The third-order valence-electron chi connectivity index (χ3n) is 5.69. The Morgan fingerprint density at radius 3 is 2.44 bits per heavy atom. The lowest BCUT2D eigenvalue weighted by Gasteiger charge is -2.48. The van der Waals surface area contributed by atoms with Crippen molar-refractivity contribution >= 4 is 75.9 Å². The number of nitrogens with two attached hydrogens (primary N) is 1. The van der Waals surface area contributed by atoms with Crippen molar-refractivity contribution in [3.63, 3.8) is 0 Å². The maximum absolute atomic E-state index is 13.2. The maximum Gasteiger partial charge on any atom is 0.512 e. The lowest BCUT2D eigenvalue weighted by Crippen LogP contribution is -2.70. The number of ether oxygens (including phenoxy) is 3. The first kappa shape index (κ1) is 32.5. The summed E-state index contributed by atoms with van der Waals surface area (Å²) in [6.07, 6.45) is 1.35. The van der Waals surface area contributed by atoms with Gasteiger partial charge in [-0.2, -0.15) is 0 Å². The van der Waals surface area contributed by atoms with E-state index in [1.165, 1.54) is 55.3 Å². The summed E-state index contributed by atoms with van der Waals surface area (Å²) >= 11 is 2.19. The Hall–Kier alpha value is -5.43. The standard InChI is InChI=1S/C26H23N5O12S2/c1-11(32)41-16-6-4-13(7-17(16)42-12(2)33)3-5-14-9-44-24-20(22(37)31(24)23(14)43-26(38)39)29-21(36)19(30-40-8-18(34)35)15-10-45-25(27)28-15/h3-7,10,20,24H,8-9H2,1-2H3,(H2,27,28)(H,29,36)(H,34,35)(H,38,39)/b5-3?,30-19-/t20-,24-/m1/s1. The average molecular weight is 662 g/mol. The van der Waals surface area contributed by atoms with Crippen molar-refractivity contribution in [3.8, 4) is 11.5 Å². The van der Waals surface area contributed by atoms with Crippen molar-refractivity contribution in [1.29, 1.82) is 0 Å². The van der Waals surface area contributed by atoms with E-state index in [4.69, 9.17) is 29.9 Å². The largest absolute Gasteiger partial charge is 0.512 e. The van der Waals surface area contributed by atoms with Crippen LogP contribution in [-0.2, 0) is 33.5 Å². The highest BCUT2D eigenvalue weighted by Crippen LogP contribution is 2.41. The molecule has 2 aliphatic rings. The van der Waals surface area contributed by atoms with Crippen LogP contribution in [0.15, 0.2) is 46.3 Å². The molecule has 1 fully saturated rings. The summed E-state index contributed by atoms with van der Waals surface area (Å²) in [4.78, 5) is 81.2. The molecule has 2 aliphatic heterocycles. The van der Waals surface area contributed by atoms with Gasteiger partial charge in [0.15, 0.2) is 22.3 Å². The van der Waals surface area contributed by atoms with E-state index in [-0.39, 0.29) is 34.0 Å². The number of nitrogens with one attached hydrogen (secondary N) is 1. The molecule has 2 atom stereocenters. The number of anilines is 1. The van der Waals surface area contributed by atoms with Gasteiger partial charge in [0.2, 0.25) is 12.5 Å². The van der Waals surface area contributed by atoms with Crippen LogP contribution in [0.5, 0.6) is 11.5 Å². The van der Waals surface area contributed by atoms with E-state index < -0.39 is 59.6 Å². The minimum absolute atomic E-state index is 0.0131. The van der Waals surface area contributed by atoms with Crippen molar-refractivity contribution in [1.82, 2.24) is 15.2 Å². The van der Waals surface area contributed by atoms with Gasteiger partial charge in [0.25, 0.3) is 11.8 Å². The molecule has 2 amide bonds. The molecule has 0 aliphatic carbocycles. The first-order valence-corrected chi connectivity index (χ1v) is 14.5. The maximum atomic E-state index is 13.2. The van der Waals surface area contributed by atoms with Gasteiger partial charge in [-0.25, -0.2) is 14.6 Å². The minimum Gasteiger partial charge on any atom is -0.479 e. The Kier molecular flexibility index (Phi) is 10.0. The number of thiazole rings is 1. The molecule has 19 heteroatoms. The zero-order chi connectivity index (χ0) is 32.8. The molecule has 2 aromatic rings. The highest BCUT2D eigenvalue weighted by atomic mass is 32.2. The fraction of sp³-hybridized carbons (Fsp3) is 0.231. The van der Waals surface area contributed by atoms with E-state index in [1.54, 1.807) is 6.07 Å². The number of rotatable bonds is 11. The Labute approximate surface area is 261 Å². The van der Waals surface area contributed by atoms with Crippen LogP contribution in [0.1, 0.15) is 25.1 Å². The number of allylic oxidation sites excluding steroid dienone is 1. The van der Waals surface area contributed by atoms with Crippen molar-refractivity contribution in [2.24, 2.45) is 5.16 Å². The number of carboxylic acid groups (broad SMARTS) is 2. The molecule has 0 spiro atoms. The summed E-state index contributed by atoms with van der Waals surface area (Å²) in [6.45, 7) is 1.51. The first-order valence-electron chi connectivity index (χ1n) is 12.6. The van der Waals surface area contributed by atoms with Gasteiger partial charge in [0.1, 0.15) is 17.1 Å². The number of aromatic nitrogens is 1. The molecule has 1 aromatic heterocycles.